The van der Waals surface area contributed by atoms with Crippen LogP contribution in [-0.2, 0) is 16.4 Å². The molecule has 3 fully saturated rings. The normalized spacial score (nSPS) is 21.7. The van der Waals surface area contributed by atoms with Crippen molar-refractivity contribution in [2.24, 2.45) is 32.2 Å². The van der Waals surface area contributed by atoms with Crippen LogP contribution in [0.1, 0.15) is 48.3 Å². The minimum absolute atomic E-state index is 0.149. The summed E-state index contributed by atoms with van der Waals surface area (Å²) in [5.74, 6) is 2.12. The summed E-state index contributed by atoms with van der Waals surface area (Å²) in [6.07, 6.45) is 5.03. The molecule has 6 rings (SSSR count). The Morgan fingerprint density at radius 1 is 0.923 bits per heavy atom. The summed E-state index contributed by atoms with van der Waals surface area (Å²) in [6.45, 7) is 7.92. The minimum atomic E-state index is -4.03. The molecule has 4 N–H and O–H groups in total. The number of primary sulfonamides is 1. The summed E-state index contributed by atoms with van der Waals surface area (Å²) in [5.41, 5.74) is 4.29. The maximum Gasteiger partial charge on any atom is 0.239 e. The lowest BCUT2D eigenvalue weighted by molar-refractivity contribution is 0.158. The van der Waals surface area contributed by atoms with E-state index in [1.807, 2.05) is 12.1 Å². The van der Waals surface area contributed by atoms with Crippen LogP contribution in [0.5, 0.6) is 0 Å². The van der Waals surface area contributed by atoms with Gasteiger partial charge in [0.1, 0.15) is 0 Å². The molecule has 39 heavy (non-hydrogen) atoms. The van der Waals surface area contributed by atoms with E-state index < -0.39 is 10.0 Å². The SMILES string of the molecule is NS(=O)(=O)c1c(CC2CCNCC2)ccc(-c2ccc(C3CCN(CC4CNC4)CC3)cc2)c1C1=NCN=N1. The zero-order valence-corrected chi connectivity index (χ0v) is 23.3. The zero-order valence-electron chi connectivity index (χ0n) is 22.5. The van der Waals surface area contributed by atoms with E-state index in [2.05, 4.69) is 55.0 Å². The van der Waals surface area contributed by atoms with Gasteiger partial charge in [-0.15, -0.1) is 5.11 Å². The van der Waals surface area contributed by atoms with Gasteiger partial charge in [-0.3, -0.25) is 0 Å². The third-order valence-electron chi connectivity index (χ3n) is 8.83. The molecule has 208 valence electrons. The molecule has 3 saturated heterocycles. The Morgan fingerprint density at radius 2 is 1.67 bits per heavy atom. The van der Waals surface area contributed by atoms with Crippen molar-refractivity contribution in [3.8, 4) is 11.1 Å². The largest absolute Gasteiger partial charge is 0.317 e. The van der Waals surface area contributed by atoms with Gasteiger partial charge < -0.3 is 15.5 Å². The number of aliphatic imine (C=N–C) groups is 1. The molecule has 0 radical (unpaired) electrons. The van der Waals surface area contributed by atoms with Gasteiger partial charge in [-0.05, 0) is 98.3 Å². The number of piperidine rings is 2. The molecule has 0 aromatic heterocycles. The van der Waals surface area contributed by atoms with Crippen molar-refractivity contribution < 1.29 is 8.42 Å². The highest BCUT2D eigenvalue weighted by Crippen LogP contribution is 2.36. The van der Waals surface area contributed by atoms with Gasteiger partial charge in [-0.2, -0.15) is 5.11 Å². The Morgan fingerprint density at radius 3 is 2.28 bits per heavy atom. The average Bonchev–Trinajstić information content (AvgIpc) is 3.46. The summed E-state index contributed by atoms with van der Waals surface area (Å²) < 4.78 is 26.1. The Balaban J connectivity index is 1.28. The molecule has 4 heterocycles. The molecule has 2 aromatic rings. The Kier molecular flexibility index (Phi) is 7.91. The standard InChI is InChI=1S/C29H39N7O2S/c30-39(37,38)28-25(15-20-7-11-31-12-8-20)5-6-26(27(28)29-33-19-34-35-29)24-3-1-22(2-4-24)23-9-13-36(14-10-23)18-21-16-32-17-21/h1-6,20-21,23,31-32H,7-19H2,(H2,30,37,38). The van der Waals surface area contributed by atoms with Gasteiger partial charge in [0, 0.05) is 25.2 Å². The maximum absolute atomic E-state index is 13.1. The first-order valence-corrected chi connectivity index (χ1v) is 15.9. The van der Waals surface area contributed by atoms with E-state index in [0.717, 1.165) is 74.7 Å². The lowest BCUT2D eigenvalue weighted by Gasteiger charge is -2.37. The maximum atomic E-state index is 13.1. The molecule has 0 bridgehead atoms. The second kappa shape index (κ2) is 11.5. The predicted molar refractivity (Wildman–Crippen MR) is 154 cm³/mol. The number of hydrogen-bond acceptors (Lipinski definition) is 8. The summed E-state index contributed by atoms with van der Waals surface area (Å²) in [5, 5.41) is 20.9. The summed E-state index contributed by atoms with van der Waals surface area (Å²) >= 11 is 0. The predicted octanol–water partition coefficient (Wildman–Crippen LogP) is 3.11. The first-order valence-electron chi connectivity index (χ1n) is 14.3. The molecule has 0 atom stereocenters. The van der Waals surface area contributed by atoms with E-state index in [9.17, 15) is 8.42 Å². The van der Waals surface area contributed by atoms with Gasteiger partial charge in [0.25, 0.3) is 0 Å². The van der Waals surface area contributed by atoms with Crippen LogP contribution in [0.3, 0.4) is 0 Å². The van der Waals surface area contributed by atoms with Crippen molar-refractivity contribution in [2.45, 2.75) is 42.9 Å². The van der Waals surface area contributed by atoms with Gasteiger partial charge in [-0.25, -0.2) is 18.5 Å². The smallest absolute Gasteiger partial charge is 0.239 e. The highest BCUT2D eigenvalue weighted by molar-refractivity contribution is 7.89. The number of rotatable bonds is 8. The summed E-state index contributed by atoms with van der Waals surface area (Å²) in [4.78, 5) is 7.19. The molecular formula is C29H39N7O2S. The third kappa shape index (κ3) is 6.00. The number of sulfonamides is 1. The van der Waals surface area contributed by atoms with Crippen LogP contribution in [0.2, 0.25) is 0 Å². The van der Waals surface area contributed by atoms with Crippen LogP contribution in [0.15, 0.2) is 56.5 Å². The number of hydrogen-bond donors (Lipinski definition) is 3. The van der Waals surface area contributed by atoms with E-state index in [-0.39, 0.29) is 11.6 Å². The van der Waals surface area contributed by atoms with Gasteiger partial charge in [-0.1, -0.05) is 36.4 Å². The van der Waals surface area contributed by atoms with Gasteiger partial charge in [0.05, 0.1) is 4.90 Å². The molecule has 9 nitrogen and oxygen atoms in total. The lowest BCUT2D eigenvalue weighted by Crippen LogP contribution is -2.49. The molecule has 10 heteroatoms. The number of benzene rings is 2. The van der Waals surface area contributed by atoms with Crippen molar-refractivity contribution in [1.29, 1.82) is 0 Å². The minimum Gasteiger partial charge on any atom is -0.317 e. The van der Waals surface area contributed by atoms with Crippen LogP contribution in [0, 0.1) is 11.8 Å². The molecule has 0 aliphatic carbocycles. The highest BCUT2D eigenvalue weighted by Gasteiger charge is 2.29. The van der Waals surface area contributed by atoms with Crippen molar-refractivity contribution in [3.05, 3.63) is 53.1 Å². The van der Waals surface area contributed by atoms with E-state index in [1.54, 1.807) is 0 Å². The van der Waals surface area contributed by atoms with E-state index >= 15 is 0 Å². The monoisotopic (exact) mass is 549 g/mol. The Hall–Kier alpha value is -2.50. The fraction of sp³-hybridized carbons (Fsp3) is 0.552. The second-order valence-electron chi connectivity index (χ2n) is 11.5. The van der Waals surface area contributed by atoms with Crippen LogP contribution >= 0.6 is 0 Å². The van der Waals surface area contributed by atoms with Crippen molar-refractivity contribution >= 4 is 15.9 Å². The third-order valence-corrected chi connectivity index (χ3v) is 9.86. The topological polar surface area (TPSA) is 125 Å². The molecule has 2 aromatic carbocycles. The van der Waals surface area contributed by atoms with Crippen molar-refractivity contribution in [1.82, 2.24) is 15.5 Å². The fourth-order valence-corrected chi connectivity index (χ4v) is 7.56. The van der Waals surface area contributed by atoms with Gasteiger partial charge in [0.2, 0.25) is 10.0 Å². The number of azo groups is 1. The number of nitrogens with one attached hydrogen (secondary N) is 2. The number of nitrogens with zero attached hydrogens (tertiary/aromatic N) is 4. The molecule has 0 unspecified atom stereocenters. The Labute approximate surface area is 231 Å². The zero-order chi connectivity index (χ0) is 26.8. The summed E-state index contributed by atoms with van der Waals surface area (Å²) in [7, 11) is -4.03. The van der Waals surface area contributed by atoms with E-state index in [0.29, 0.717) is 29.7 Å². The lowest BCUT2D eigenvalue weighted by atomic mass is 9.86. The van der Waals surface area contributed by atoms with Crippen molar-refractivity contribution in [3.63, 3.8) is 0 Å². The average molecular weight is 550 g/mol. The first kappa shape index (κ1) is 26.7. The van der Waals surface area contributed by atoms with E-state index in [4.69, 9.17) is 5.14 Å². The molecular weight excluding hydrogens is 510 g/mol. The molecule has 0 spiro atoms. The number of nitrogens with two attached hydrogens (primary N) is 1. The molecule has 0 amide bonds. The Bertz CT molecular complexity index is 1340. The highest BCUT2D eigenvalue weighted by atomic mass is 32.2. The van der Waals surface area contributed by atoms with Crippen LogP contribution in [-0.4, -0.2) is 71.6 Å². The molecule has 0 saturated carbocycles. The fourth-order valence-electron chi connectivity index (χ4n) is 6.56. The van der Waals surface area contributed by atoms with Gasteiger partial charge >= 0.3 is 0 Å². The van der Waals surface area contributed by atoms with E-state index in [1.165, 1.54) is 24.9 Å². The number of amidine groups is 1. The van der Waals surface area contributed by atoms with Crippen LogP contribution in [0.25, 0.3) is 11.1 Å². The number of likely N-dealkylation sites (tertiary alicyclic amines) is 1. The van der Waals surface area contributed by atoms with Gasteiger partial charge in [0.15, 0.2) is 12.5 Å². The molecule has 4 aliphatic rings. The van der Waals surface area contributed by atoms with Crippen molar-refractivity contribution in [2.75, 3.05) is 52.5 Å². The van der Waals surface area contributed by atoms with Crippen LogP contribution in [0.4, 0.5) is 0 Å². The van der Waals surface area contributed by atoms with Crippen LogP contribution < -0.4 is 15.8 Å². The second-order valence-corrected chi connectivity index (χ2v) is 13.0. The quantitative estimate of drug-likeness (QED) is 0.467. The molecule has 4 aliphatic heterocycles. The summed E-state index contributed by atoms with van der Waals surface area (Å²) in [6, 6.07) is 12.6. The first-order chi connectivity index (χ1) is 19.0.